The minimum atomic E-state index is -0.448. The SMILES string of the molecule is CC(C)(C)S[C@@H](Cc1ccccc1)[C@@H](O)c1ccccc1. The van der Waals surface area contributed by atoms with E-state index < -0.39 is 6.10 Å². The molecule has 0 radical (unpaired) electrons. The van der Waals surface area contributed by atoms with Crippen molar-refractivity contribution in [3.63, 3.8) is 0 Å². The van der Waals surface area contributed by atoms with Gasteiger partial charge in [-0.25, -0.2) is 0 Å². The lowest BCUT2D eigenvalue weighted by Gasteiger charge is -2.29. The summed E-state index contributed by atoms with van der Waals surface area (Å²) in [6, 6.07) is 20.4. The highest BCUT2D eigenvalue weighted by atomic mass is 32.2. The van der Waals surface area contributed by atoms with Crippen LogP contribution in [0.25, 0.3) is 0 Å². The van der Waals surface area contributed by atoms with Gasteiger partial charge in [0.25, 0.3) is 0 Å². The summed E-state index contributed by atoms with van der Waals surface area (Å²) in [7, 11) is 0. The second-order valence-corrected chi connectivity index (χ2v) is 8.38. The maximum absolute atomic E-state index is 10.8. The van der Waals surface area contributed by atoms with Crippen LogP contribution in [0.5, 0.6) is 0 Å². The Morgan fingerprint density at radius 1 is 0.905 bits per heavy atom. The number of benzene rings is 2. The van der Waals surface area contributed by atoms with Crippen molar-refractivity contribution in [3.8, 4) is 0 Å². The van der Waals surface area contributed by atoms with E-state index >= 15 is 0 Å². The topological polar surface area (TPSA) is 20.2 Å². The molecule has 0 spiro atoms. The van der Waals surface area contributed by atoms with Crippen LogP contribution >= 0.6 is 11.8 Å². The van der Waals surface area contributed by atoms with Crippen molar-refractivity contribution in [2.45, 2.75) is 43.3 Å². The molecular weight excluding hydrogens is 276 g/mol. The van der Waals surface area contributed by atoms with Crippen molar-refractivity contribution in [3.05, 3.63) is 71.8 Å². The smallest absolute Gasteiger partial charge is 0.0912 e. The molecule has 0 aliphatic carbocycles. The van der Waals surface area contributed by atoms with Gasteiger partial charge in [-0.2, -0.15) is 0 Å². The molecule has 0 bridgehead atoms. The number of rotatable bonds is 5. The average molecular weight is 300 g/mol. The minimum Gasteiger partial charge on any atom is -0.387 e. The third-order valence-electron chi connectivity index (χ3n) is 3.28. The highest BCUT2D eigenvalue weighted by Gasteiger charge is 2.27. The lowest BCUT2D eigenvalue weighted by molar-refractivity contribution is 0.173. The van der Waals surface area contributed by atoms with Gasteiger partial charge >= 0.3 is 0 Å². The highest BCUT2D eigenvalue weighted by molar-refractivity contribution is 8.01. The van der Waals surface area contributed by atoms with Gasteiger partial charge in [-0.1, -0.05) is 81.4 Å². The lowest BCUT2D eigenvalue weighted by Crippen LogP contribution is -2.24. The molecule has 2 rings (SSSR count). The van der Waals surface area contributed by atoms with Crippen LogP contribution in [-0.4, -0.2) is 15.1 Å². The van der Waals surface area contributed by atoms with Crippen molar-refractivity contribution < 1.29 is 5.11 Å². The van der Waals surface area contributed by atoms with E-state index in [-0.39, 0.29) is 10.00 Å². The molecule has 0 amide bonds. The van der Waals surface area contributed by atoms with Crippen LogP contribution in [-0.2, 0) is 6.42 Å². The molecule has 0 heterocycles. The Morgan fingerprint density at radius 3 is 1.95 bits per heavy atom. The molecule has 21 heavy (non-hydrogen) atoms. The largest absolute Gasteiger partial charge is 0.387 e. The van der Waals surface area contributed by atoms with E-state index in [1.165, 1.54) is 5.56 Å². The lowest BCUT2D eigenvalue weighted by atomic mass is 10.0. The van der Waals surface area contributed by atoms with Gasteiger partial charge in [0.1, 0.15) is 0 Å². The number of thioether (sulfide) groups is 1. The first kappa shape index (κ1) is 16.1. The maximum atomic E-state index is 10.8. The quantitative estimate of drug-likeness (QED) is 0.850. The molecule has 1 nitrogen and oxygen atoms in total. The molecule has 2 aromatic carbocycles. The fourth-order valence-electron chi connectivity index (χ4n) is 2.38. The first-order valence-electron chi connectivity index (χ1n) is 7.40. The van der Waals surface area contributed by atoms with Crippen LogP contribution in [0, 0.1) is 0 Å². The summed E-state index contributed by atoms with van der Waals surface area (Å²) >= 11 is 1.85. The summed E-state index contributed by atoms with van der Waals surface area (Å²) in [6.45, 7) is 6.61. The Balaban J connectivity index is 2.19. The van der Waals surface area contributed by atoms with Gasteiger partial charge in [-0.15, -0.1) is 11.8 Å². The Labute approximate surface area is 132 Å². The van der Waals surface area contributed by atoms with Crippen LogP contribution in [0.2, 0.25) is 0 Å². The molecule has 1 N–H and O–H groups in total. The molecule has 0 aliphatic rings. The standard InChI is InChI=1S/C19H24OS/c1-19(2,3)21-17(14-15-10-6-4-7-11-15)18(20)16-12-8-5-9-13-16/h4-13,17-18,20H,14H2,1-3H3/t17-,18-/m0/s1. The first-order valence-corrected chi connectivity index (χ1v) is 8.28. The van der Waals surface area contributed by atoms with Gasteiger partial charge in [0.2, 0.25) is 0 Å². The van der Waals surface area contributed by atoms with Crippen LogP contribution in [0.3, 0.4) is 0 Å². The van der Waals surface area contributed by atoms with Crippen LogP contribution < -0.4 is 0 Å². The normalized spacial score (nSPS) is 14.7. The fourth-order valence-corrected chi connectivity index (χ4v) is 3.85. The molecule has 0 saturated heterocycles. The summed E-state index contributed by atoms with van der Waals surface area (Å²) in [5.41, 5.74) is 2.27. The van der Waals surface area contributed by atoms with E-state index in [1.807, 2.05) is 48.2 Å². The Hall–Kier alpha value is -1.25. The number of hydrogen-bond donors (Lipinski definition) is 1. The van der Waals surface area contributed by atoms with E-state index in [0.29, 0.717) is 0 Å². The first-order chi connectivity index (χ1) is 9.96. The molecule has 0 aromatic heterocycles. The molecular formula is C19H24OS. The van der Waals surface area contributed by atoms with E-state index in [9.17, 15) is 5.11 Å². The third kappa shape index (κ3) is 5.22. The summed E-state index contributed by atoms with van der Waals surface area (Å²) in [5, 5.41) is 10.9. The average Bonchev–Trinajstić information content (AvgIpc) is 2.46. The van der Waals surface area contributed by atoms with E-state index in [0.717, 1.165) is 12.0 Å². The number of hydrogen-bond acceptors (Lipinski definition) is 2. The molecule has 2 atom stereocenters. The summed E-state index contributed by atoms with van der Waals surface area (Å²) in [6.07, 6.45) is 0.425. The Morgan fingerprint density at radius 2 is 1.43 bits per heavy atom. The van der Waals surface area contributed by atoms with E-state index in [2.05, 4.69) is 45.0 Å². The predicted molar refractivity (Wildman–Crippen MR) is 92.7 cm³/mol. The van der Waals surface area contributed by atoms with E-state index in [1.54, 1.807) is 0 Å². The zero-order valence-electron chi connectivity index (χ0n) is 13.0. The number of aliphatic hydroxyl groups is 1. The molecule has 0 fully saturated rings. The molecule has 2 aromatic rings. The minimum absolute atomic E-state index is 0.120. The van der Waals surface area contributed by atoms with Gasteiger partial charge in [0.05, 0.1) is 6.10 Å². The molecule has 0 aliphatic heterocycles. The summed E-state index contributed by atoms with van der Waals surface area (Å²) < 4.78 is 0.120. The van der Waals surface area contributed by atoms with Gasteiger partial charge in [-0.3, -0.25) is 0 Å². The Bertz CT molecular complexity index is 530. The second-order valence-electron chi connectivity index (χ2n) is 6.31. The predicted octanol–water partition coefficient (Wildman–Crippen LogP) is 4.86. The summed E-state index contributed by atoms with van der Waals surface area (Å²) in [4.78, 5) is 0. The fraction of sp³-hybridized carbons (Fsp3) is 0.368. The van der Waals surface area contributed by atoms with Crippen LogP contribution in [0.1, 0.15) is 38.0 Å². The van der Waals surface area contributed by atoms with Crippen molar-refractivity contribution in [2.75, 3.05) is 0 Å². The molecule has 2 heteroatoms. The van der Waals surface area contributed by atoms with Gasteiger partial charge < -0.3 is 5.11 Å². The molecule has 0 saturated carbocycles. The van der Waals surface area contributed by atoms with E-state index in [4.69, 9.17) is 0 Å². The zero-order chi connectivity index (χ0) is 15.3. The van der Waals surface area contributed by atoms with Crippen molar-refractivity contribution in [2.24, 2.45) is 0 Å². The third-order valence-corrected chi connectivity index (χ3v) is 4.71. The zero-order valence-corrected chi connectivity index (χ0v) is 13.8. The van der Waals surface area contributed by atoms with Crippen molar-refractivity contribution in [1.82, 2.24) is 0 Å². The van der Waals surface area contributed by atoms with Crippen molar-refractivity contribution >= 4 is 11.8 Å². The monoisotopic (exact) mass is 300 g/mol. The second kappa shape index (κ2) is 7.15. The summed E-state index contributed by atoms with van der Waals surface area (Å²) in [5.74, 6) is 0. The highest BCUT2D eigenvalue weighted by Crippen LogP contribution is 2.37. The van der Waals surface area contributed by atoms with Gasteiger partial charge in [-0.05, 0) is 17.5 Å². The van der Waals surface area contributed by atoms with Gasteiger partial charge in [0.15, 0.2) is 0 Å². The Kier molecular flexibility index (Phi) is 5.49. The van der Waals surface area contributed by atoms with Crippen LogP contribution in [0.4, 0.5) is 0 Å². The molecule has 112 valence electrons. The maximum Gasteiger partial charge on any atom is 0.0912 e. The van der Waals surface area contributed by atoms with Crippen LogP contribution in [0.15, 0.2) is 60.7 Å². The number of aliphatic hydroxyl groups excluding tert-OH is 1. The van der Waals surface area contributed by atoms with Gasteiger partial charge in [0, 0.05) is 10.00 Å². The molecule has 0 unspecified atom stereocenters. The van der Waals surface area contributed by atoms with Crippen molar-refractivity contribution in [1.29, 1.82) is 0 Å².